The quantitative estimate of drug-likeness (QED) is 0.648. The van der Waals surface area contributed by atoms with E-state index < -0.39 is 12.1 Å². The molecule has 0 aromatic carbocycles. The smallest absolute Gasteiger partial charge is 0.475 e. The van der Waals surface area contributed by atoms with E-state index in [1.165, 1.54) is 0 Å². The number of fused-ring (bicyclic) bond motifs is 1. The van der Waals surface area contributed by atoms with Gasteiger partial charge in [-0.25, -0.2) is 9.78 Å². The molecule has 4 heterocycles. The predicted octanol–water partition coefficient (Wildman–Crippen LogP) is 2.82. The summed E-state index contributed by atoms with van der Waals surface area (Å²) in [7, 11) is 1.87. The van der Waals surface area contributed by atoms with E-state index >= 15 is 0 Å². The molecule has 0 radical (unpaired) electrons. The molecule has 1 aliphatic heterocycles. The number of aromatic nitrogens is 3. The van der Waals surface area contributed by atoms with E-state index in [2.05, 4.69) is 10.1 Å². The number of pyridine rings is 1. The lowest BCUT2D eigenvalue weighted by atomic mass is 10.1. The molecule has 4 rings (SSSR count). The highest BCUT2D eigenvalue weighted by Crippen LogP contribution is 2.24. The molecule has 3 aromatic heterocycles. The maximum Gasteiger partial charge on any atom is 0.490 e. The second-order valence-corrected chi connectivity index (χ2v) is 6.77. The Kier molecular flexibility index (Phi) is 6.81. The number of carboxylic acids is 1. The summed E-state index contributed by atoms with van der Waals surface area (Å²) < 4.78 is 44.7. The van der Waals surface area contributed by atoms with Gasteiger partial charge < -0.3 is 23.8 Å². The highest BCUT2D eigenvalue weighted by molar-refractivity contribution is 5.92. The van der Waals surface area contributed by atoms with Crippen LogP contribution in [0.1, 0.15) is 27.5 Å². The monoisotopic (exact) mass is 452 g/mol. The normalized spacial score (nSPS) is 13.1. The van der Waals surface area contributed by atoms with Gasteiger partial charge in [-0.15, -0.1) is 0 Å². The van der Waals surface area contributed by atoms with E-state index in [-0.39, 0.29) is 12.5 Å². The van der Waals surface area contributed by atoms with E-state index in [0.29, 0.717) is 36.8 Å². The molecular weight excluding hydrogens is 433 g/mol. The Hall–Kier alpha value is -3.83. The van der Waals surface area contributed by atoms with Crippen LogP contribution in [0.15, 0.2) is 47.2 Å². The number of aryl methyl sites for hydroxylation is 1. The van der Waals surface area contributed by atoms with Crippen LogP contribution in [0.2, 0.25) is 0 Å². The molecule has 0 saturated heterocycles. The van der Waals surface area contributed by atoms with Crippen LogP contribution in [0.3, 0.4) is 0 Å². The van der Waals surface area contributed by atoms with Crippen molar-refractivity contribution in [3.05, 3.63) is 65.4 Å². The van der Waals surface area contributed by atoms with E-state index in [1.807, 2.05) is 47.0 Å². The Bertz CT molecular complexity index is 1080. The van der Waals surface area contributed by atoms with Crippen molar-refractivity contribution in [2.75, 3.05) is 6.54 Å². The Balaban J connectivity index is 0.000000360. The minimum atomic E-state index is -5.08. The van der Waals surface area contributed by atoms with Crippen LogP contribution in [0.4, 0.5) is 13.2 Å². The van der Waals surface area contributed by atoms with Crippen LogP contribution < -0.4 is 4.74 Å². The Labute approximate surface area is 180 Å². The molecule has 32 heavy (non-hydrogen) atoms. The fraction of sp³-hybridized carbons (Fsp3) is 0.300. The number of aliphatic carboxylic acids is 1. The molecule has 0 saturated carbocycles. The summed E-state index contributed by atoms with van der Waals surface area (Å²) in [5, 5.41) is 11.2. The Morgan fingerprint density at radius 2 is 2.00 bits per heavy atom. The lowest BCUT2D eigenvalue weighted by Gasteiger charge is -2.26. The van der Waals surface area contributed by atoms with E-state index in [9.17, 15) is 18.0 Å². The molecule has 9 nitrogen and oxygen atoms in total. The third-order valence-corrected chi connectivity index (χ3v) is 4.60. The number of halogens is 3. The highest BCUT2D eigenvalue weighted by atomic mass is 19.4. The van der Waals surface area contributed by atoms with Gasteiger partial charge in [0.1, 0.15) is 23.8 Å². The molecule has 0 bridgehead atoms. The van der Waals surface area contributed by atoms with E-state index in [4.69, 9.17) is 19.2 Å². The van der Waals surface area contributed by atoms with Gasteiger partial charge in [0, 0.05) is 44.0 Å². The van der Waals surface area contributed by atoms with Crippen molar-refractivity contribution in [3.63, 3.8) is 0 Å². The van der Waals surface area contributed by atoms with Crippen molar-refractivity contribution in [2.45, 2.75) is 25.7 Å². The minimum Gasteiger partial charge on any atom is -0.475 e. The number of carbonyl (C=O) groups is 2. The summed E-state index contributed by atoms with van der Waals surface area (Å²) in [5.41, 5.74) is 2.32. The van der Waals surface area contributed by atoms with Crippen molar-refractivity contribution in [3.8, 4) is 5.88 Å². The molecule has 1 aliphatic rings. The number of hydrogen-bond donors (Lipinski definition) is 1. The fourth-order valence-corrected chi connectivity index (χ4v) is 2.97. The number of carbonyl (C=O) groups excluding carboxylic acids is 1. The van der Waals surface area contributed by atoms with Crippen LogP contribution in [-0.4, -0.2) is 49.3 Å². The number of alkyl halides is 3. The summed E-state index contributed by atoms with van der Waals surface area (Å²) in [5.74, 6) is -1.38. The molecule has 0 unspecified atom stereocenters. The van der Waals surface area contributed by atoms with Gasteiger partial charge in [-0.05, 0) is 18.2 Å². The van der Waals surface area contributed by atoms with Crippen molar-refractivity contribution >= 4 is 11.9 Å². The molecule has 3 aromatic rings. The van der Waals surface area contributed by atoms with Crippen LogP contribution in [-0.2, 0) is 31.4 Å². The first-order chi connectivity index (χ1) is 15.2. The van der Waals surface area contributed by atoms with Crippen molar-refractivity contribution < 1.29 is 37.1 Å². The third-order valence-electron chi connectivity index (χ3n) is 4.60. The van der Waals surface area contributed by atoms with Crippen molar-refractivity contribution in [2.24, 2.45) is 7.05 Å². The summed E-state index contributed by atoms with van der Waals surface area (Å²) >= 11 is 0. The lowest BCUT2D eigenvalue weighted by Crippen LogP contribution is -2.36. The van der Waals surface area contributed by atoms with Crippen LogP contribution in [0.5, 0.6) is 5.88 Å². The molecule has 170 valence electrons. The van der Waals surface area contributed by atoms with E-state index in [0.717, 1.165) is 11.3 Å². The first-order valence-electron chi connectivity index (χ1n) is 9.37. The Morgan fingerprint density at radius 1 is 1.25 bits per heavy atom. The van der Waals surface area contributed by atoms with E-state index in [1.54, 1.807) is 12.3 Å². The molecule has 1 N–H and O–H groups in total. The maximum absolute atomic E-state index is 12.7. The average molecular weight is 452 g/mol. The lowest BCUT2D eigenvalue weighted by molar-refractivity contribution is -0.192. The number of carboxylic acid groups (broad SMARTS) is 1. The predicted molar refractivity (Wildman–Crippen MR) is 103 cm³/mol. The zero-order chi connectivity index (χ0) is 23.3. The first kappa shape index (κ1) is 22.8. The topological polar surface area (TPSA) is 111 Å². The third kappa shape index (κ3) is 5.45. The van der Waals surface area contributed by atoms with Gasteiger partial charge >= 0.3 is 12.1 Å². The summed E-state index contributed by atoms with van der Waals surface area (Å²) in [6.45, 7) is 1.36. The largest absolute Gasteiger partial charge is 0.490 e. The van der Waals surface area contributed by atoms with Crippen LogP contribution in [0, 0.1) is 0 Å². The molecule has 1 amide bonds. The zero-order valence-corrected chi connectivity index (χ0v) is 16.9. The van der Waals surface area contributed by atoms with Crippen LogP contribution in [0.25, 0.3) is 0 Å². The highest BCUT2D eigenvalue weighted by Gasteiger charge is 2.38. The standard InChI is InChI=1S/C18H18N4O3.C2HF3O2/c1-21-9-4-5-15(21)18(23)22-10-7-16-13(11-22)14(20-25-16)12-24-17-6-2-3-8-19-17;3-2(4,5)1(6)7/h2-6,8-9H,7,10-12H2,1H3;(H,6,7). The first-order valence-corrected chi connectivity index (χ1v) is 9.37. The number of rotatable bonds is 4. The second kappa shape index (κ2) is 9.54. The van der Waals surface area contributed by atoms with Crippen molar-refractivity contribution in [1.29, 1.82) is 0 Å². The minimum absolute atomic E-state index is 0.0101. The molecule has 0 fully saturated rings. The number of hydrogen-bond acceptors (Lipinski definition) is 6. The van der Waals surface area contributed by atoms with Gasteiger partial charge in [-0.3, -0.25) is 4.79 Å². The molecular formula is C20H19F3N4O5. The summed E-state index contributed by atoms with van der Waals surface area (Å²) in [4.78, 5) is 27.6. The molecule has 12 heteroatoms. The second-order valence-electron chi connectivity index (χ2n) is 6.77. The molecule has 0 atom stereocenters. The van der Waals surface area contributed by atoms with Gasteiger partial charge in [0.05, 0.1) is 6.54 Å². The number of amides is 1. The average Bonchev–Trinajstić information content (AvgIpc) is 3.37. The van der Waals surface area contributed by atoms with Crippen molar-refractivity contribution in [1.82, 2.24) is 19.6 Å². The number of ether oxygens (including phenoxy) is 1. The summed E-state index contributed by atoms with van der Waals surface area (Å²) in [6, 6.07) is 9.18. The van der Waals surface area contributed by atoms with Gasteiger partial charge in [0.15, 0.2) is 0 Å². The van der Waals surface area contributed by atoms with Gasteiger partial charge in [-0.1, -0.05) is 11.2 Å². The van der Waals surface area contributed by atoms with Gasteiger partial charge in [0.25, 0.3) is 5.91 Å². The molecule has 0 spiro atoms. The summed E-state index contributed by atoms with van der Waals surface area (Å²) in [6.07, 6.45) is -0.885. The molecule has 0 aliphatic carbocycles. The zero-order valence-electron chi connectivity index (χ0n) is 16.9. The van der Waals surface area contributed by atoms with Crippen LogP contribution >= 0.6 is 0 Å². The Morgan fingerprint density at radius 3 is 2.59 bits per heavy atom. The van der Waals surface area contributed by atoms with Gasteiger partial charge in [-0.2, -0.15) is 13.2 Å². The maximum atomic E-state index is 12.7. The fourth-order valence-electron chi connectivity index (χ4n) is 2.97. The number of nitrogens with zero attached hydrogens (tertiary/aromatic N) is 4. The SMILES string of the molecule is Cn1cccc1C(=O)N1CCc2onc(COc3ccccn3)c2C1.O=C(O)C(F)(F)F. The van der Waals surface area contributed by atoms with Gasteiger partial charge in [0.2, 0.25) is 5.88 Å².